The van der Waals surface area contributed by atoms with Crippen LogP contribution in [0.3, 0.4) is 0 Å². The van der Waals surface area contributed by atoms with Gasteiger partial charge in [0.2, 0.25) is 5.91 Å². The fourth-order valence-electron chi connectivity index (χ4n) is 1.58. The molecule has 0 saturated carbocycles. The van der Waals surface area contributed by atoms with Gasteiger partial charge in [-0.15, -0.1) is 0 Å². The number of sulfone groups is 1. The molecule has 0 fully saturated rings. The van der Waals surface area contributed by atoms with Crippen molar-refractivity contribution in [2.45, 2.75) is 13.0 Å². The van der Waals surface area contributed by atoms with Crippen molar-refractivity contribution in [2.24, 2.45) is 0 Å². The van der Waals surface area contributed by atoms with E-state index >= 15 is 0 Å². The minimum absolute atomic E-state index is 0.000421. The van der Waals surface area contributed by atoms with E-state index in [9.17, 15) is 13.2 Å². The van der Waals surface area contributed by atoms with Gasteiger partial charge in [0.1, 0.15) is 9.84 Å². The molecule has 1 amide bonds. The summed E-state index contributed by atoms with van der Waals surface area (Å²) in [5, 5.41) is 3.16. The van der Waals surface area contributed by atoms with Gasteiger partial charge in [0.05, 0.1) is 23.2 Å². The smallest absolute Gasteiger partial charge is 0.241 e. The fraction of sp³-hybridized carbons (Fsp3) is 0.462. The lowest BCUT2D eigenvalue weighted by Crippen LogP contribution is -2.41. The molecule has 21 heavy (non-hydrogen) atoms. The Balaban J connectivity index is 2.68. The summed E-state index contributed by atoms with van der Waals surface area (Å²) < 4.78 is 22.3. The maximum atomic E-state index is 12.1. The number of anilines is 2. The number of benzene rings is 1. The van der Waals surface area contributed by atoms with Crippen LogP contribution in [0.5, 0.6) is 0 Å². The molecule has 0 saturated heterocycles. The predicted octanol–water partition coefficient (Wildman–Crippen LogP) is 1.23. The van der Waals surface area contributed by atoms with E-state index < -0.39 is 15.9 Å². The van der Waals surface area contributed by atoms with Gasteiger partial charge in [-0.25, -0.2) is 8.42 Å². The molecule has 1 unspecified atom stereocenters. The second kappa shape index (κ2) is 7.11. The van der Waals surface area contributed by atoms with Gasteiger partial charge < -0.3 is 11.1 Å². The molecule has 6 nitrogen and oxygen atoms in total. The van der Waals surface area contributed by atoms with E-state index in [4.69, 9.17) is 17.3 Å². The summed E-state index contributed by atoms with van der Waals surface area (Å²) in [4.78, 5) is 13.8. The Labute approximate surface area is 130 Å². The highest BCUT2D eigenvalue weighted by Gasteiger charge is 2.19. The number of nitrogens with two attached hydrogens (primary N) is 1. The number of likely N-dealkylation sites (N-methyl/N-ethyl adjacent to an activating group) is 1. The monoisotopic (exact) mass is 333 g/mol. The number of nitrogen functional groups attached to an aromatic ring is 1. The van der Waals surface area contributed by atoms with E-state index in [1.165, 1.54) is 0 Å². The van der Waals surface area contributed by atoms with Gasteiger partial charge in [0, 0.05) is 17.8 Å². The molecule has 1 aromatic carbocycles. The number of nitrogens with one attached hydrogen (secondary N) is 1. The molecule has 0 radical (unpaired) electrons. The normalized spacial score (nSPS) is 13.2. The lowest BCUT2D eigenvalue weighted by atomic mass is 10.2. The SMILES string of the molecule is CC(C(=O)Nc1cc(Cl)ccc1N)N(C)CCS(C)(=O)=O. The Kier molecular flexibility index (Phi) is 6.00. The molecule has 0 aliphatic heterocycles. The number of hydrogen-bond donors (Lipinski definition) is 2. The van der Waals surface area contributed by atoms with Crippen molar-refractivity contribution < 1.29 is 13.2 Å². The third-order valence-corrected chi connectivity index (χ3v) is 4.29. The molecular weight excluding hydrogens is 314 g/mol. The lowest BCUT2D eigenvalue weighted by Gasteiger charge is -2.23. The Morgan fingerprint density at radius 1 is 1.48 bits per heavy atom. The van der Waals surface area contributed by atoms with Crippen LogP contribution < -0.4 is 11.1 Å². The Hall–Kier alpha value is -1.31. The molecule has 1 atom stereocenters. The first-order valence-corrected chi connectivity index (χ1v) is 8.78. The molecule has 118 valence electrons. The first-order valence-electron chi connectivity index (χ1n) is 6.34. The molecule has 3 N–H and O–H groups in total. The molecule has 0 spiro atoms. The quantitative estimate of drug-likeness (QED) is 0.764. The summed E-state index contributed by atoms with van der Waals surface area (Å²) >= 11 is 5.86. The first kappa shape index (κ1) is 17.7. The van der Waals surface area contributed by atoms with Crippen LogP contribution in [-0.2, 0) is 14.6 Å². The third kappa shape index (κ3) is 5.91. The Morgan fingerprint density at radius 2 is 2.10 bits per heavy atom. The molecule has 0 bridgehead atoms. The molecule has 0 aromatic heterocycles. The topological polar surface area (TPSA) is 92.5 Å². The number of nitrogens with zero attached hydrogens (tertiary/aromatic N) is 1. The highest BCUT2D eigenvalue weighted by Crippen LogP contribution is 2.23. The van der Waals surface area contributed by atoms with Crippen molar-refractivity contribution >= 4 is 38.7 Å². The zero-order valence-corrected chi connectivity index (χ0v) is 13.8. The van der Waals surface area contributed by atoms with Crippen molar-refractivity contribution in [1.82, 2.24) is 4.90 Å². The maximum Gasteiger partial charge on any atom is 0.241 e. The molecule has 1 rings (SSSR count). The summed E-state index contributed by atoms with van der Waals surface area (Å²) in [6.07, 6.45) is 1.16. The van der Waals surface area contributed by atoms with E-state index in [0.717, 1.165) is 6.26 Å². The number of carbonyl (C=O) groups is 1. The van der Waals surface area contributed by atoms with Crippen molar-refractivity contribution in [2.75, 3.05) is 36.7 Å². The summed E-state index contributed by atoms with van der Waals surface area (Å²) in [5.41, 5.74) is 6.62. The third-order valence-electron chi connectivity index (χ3n) is 3.13. The van der Waals surface area contributed by atoms with Crippen LogP contribution in [0.25, 0.3) is 0 Å². The highest BCUT2D eigenvalue weighted by molar-refractivity contribution is 7.90. The van der Waals surface area contributed by atoms with Gasteiger partial charge >= 0.3 is 0 Å². The maximum absolute atomic E-state index is 12.1. The van der Waals surface area contributed by atoms with E-state index in [1.807, 2.05) is 0 Å². The van der Waals surface area contributed by atoms with E-state index in [-0.39, 0.29) is 18.2 Å². The largest absolute Gasteiger partial charge is 0.397 e. The molecule has 8 heteroatoms. The summed E-state index contributed by atoms with van der Waals surface area (Å²) in [5.74, 6) is -0.277. The number of halogens is 1. The average Bonchev–Trinajstić information content (AvgIpc) is 2.38. The first-order chi connectivity index (χ1) is 9.60. The Morgan fingerprint density at radius 3 is 2.67 bits per heavy atom. The minimum atomic E-state index is -3.06. The molecule has 1 aromatic rings. The van der Waals surface area contributed by atoms with Crippen molar-refractivity contribution in [1.29, 1.82) is 0 Å². The van der Waals surface area contributed by atoms with Gasteiger partial charge in [0.25, 0.3) is 0 Å². The van der Waals surface area contributed by atoms with Crippen LogP contribution in [0, 0.1) is 0 Å². The van der Waals surface area contributed by atoms with Crippen LogP contribution in [0.2, 0.25) is 5.02 Å². The second-order valence-corrected chi connectivity index (χ2v) is 7.70. The Bertz CT molecular complexity index is 619. The van der Waals surface area contributed by atoms with Crippen LogP contribution in [0.1, 0.15) is 6.92 Å². The minimum Gasteiger partial charge on any atom is -0.397 e. The molecular formula is C13H20ClN3O3S. The number of rotatable bonds is 6. The van der Waals surface area contributed by atoms with E-state index in [0.29, 0.717) is 16.4 Å². The van der Waals surface area contributed by atoms with Crippen LogP contribution in [0.15, 0.2) is 18.2 Å². The number of carbonyl (C=O) groups excluding carboxylic acids is 1. The molecule has 0 aliphatic carbocycles. The lowest BCUT2D eigenvalue weighted by molar-refractivity contribution is -0.120. The van der Waals surface area contributed by atoms with Crippen molar-refractivity contribution in [3.05, 3.63) is 23.2 Å². The summed E-state index contributed by atoms with van der Waals surface area (Å²) in [6, 6.07) is 4.31. The zero-order valence-electron chi connectivity index (χ0n) is 12.3. The highest BCUT2D eigenvalue weighted by atomic mass is 35.5. The standard InChI is InChI=1S/C13H20ClN3O3S/c1-9(17(2)6-7-21(3,19)20)13(18)16-12-8-10(14)4-5-11(12)15/h4-5,8-9H,6-7,15H2,1-3H3,(H,16,18). The summed E-state index contributed by atoms with van der Waals surface area (Å²) in [6.45, 7) is 1.97. The van der Waals surface area contributed by atoms with Crippen LogP contribution in [-0.4, -0.2) is 50.9 Å². The fourth-order valence-corrected chi connectivity index (χ4v) is 2.37. The van der Waals surface area contributed by atoms with Crippen LogP contribution >= 0.6 is 11.6 Å². The number of amides is 1. The van der Waals surface area contributed by atoms with Crippen LogP contribution in [0.4, 0.5) is 11.4 Å². The van der Waals surface area contributed by atoms with Crippen molar-refractivity contribution in [3.8, 4) is 0 Å². The second-order valence-electron chi connectivity index (χ2n) is 5.01. The molecule has 0 aliphatic rings. The molecule has 0 heterocycles. The number of hydrogen-bond acceptors (Lipinski definition) is 5. The predicted molar refractivity (Wildman–Crippen MR) is 86.3 cm³/mol. The van der Waals surface area contributed by atoms with Crippen molar-refractivity contribution in [3.63, 3.8) is 0 Å². The van der Waals surface area contributed by atoms with Gasteiger partial charge in [-0.2, -0.15) is 0 Å². The van der Waals surface area contributed by atoms with Gasteiger partial charge in [-0.05, 0) is 32.2 Å². The zero-order chi connectivity index (χ0) is 16.2. The van der Waals surface area contributed by atoms with Gasteiger partial charge in [-0.3, -0.25) is 9.69 Å². The van der Waals surface area contributed by atoms with E-state index in [2.05, 4.69) is 5.32 Å². The summed E-state index contributed by atoms with van der Waals surface area (Å²) in [7, 11) is -1.37. The van der Waals surface area contributed by atoms with Gasteiger partial charge in [-0.1, -0.05) is 11.6 Å². The van der Waals surface area contributed by atoms with E-state index in [1.54, 1.807) is 37.1 Å². The van der Waals surface area contributed by atoms with Gasteiger partial charge in [0.15, 0.2) is 0 Å². The average molecular weight is 334 g/mol.